The fourth-order valence-electron chi connectivity index (χ4n) is 5.93. The third-order valence-electron chi connectivity index (χ3n) is 8.20. The molecular formula is C34H42ClN3O4. The number of likely N-dealkylation sites (tertiary alicyclic amines) is 1. The number of nitrogens with one attached hydrogen (secondary N) is 1. The Bertz CT molecular complexity index is 1360. The molecule has 4 N–H and O–H groups in total. The fraction of sp³-hybridized carbons (Fsp3) is 0.412. The van der Waals surface area contributed by atoms with Crippen molar-refractivity contribution in [1.82, 2.24) is 10.2 Å². The number of ether oxygens (including phenoxy) is 1. The lowest BCUT2D eigenvalue weighted by Crippen LogP contribution is -2.48. The highest BCUT2D eigenvalue weighted by Gasteiger charge is 2.43. The summed E-state index contributed by atoms with van der Waals surface area (Å²) in [5.41, 5.74) is 9.68. The Hall–Kier alpha value is -3.39. The van der Waals surface area contributed by atoms with Crippen LogP contribution in [0.1, 0.15) is 66.6 Å². The quantitative estimate of drug-likeness (QED) is 0.227. The van der Waals surface area contributed by atoms with Crippen LogP contribution in [0, 0.1) is 5.92 Å². The van der Waals surface area contributed by atoms with E-state index in [0.717, 1.165) is 41.5 Å². The molecular weight excluding hydrogens is 550 g/mol. The molecule has 42 heavy (non-hydrogen) atoms. The molecule has 2 amide bonds. The minimum atomic E-state index is -1.30. The smallest absolute Gasteiger partial charge is 0.407 e. The third kappa shape index (κ3) is 7.33. The van der Waals surface area contributed by atoms with Crippen molar-refractivity contribution in [1.29, 1.82) is 0 Å². The van der Waals surface area contributed by atoms with Gasteiger partial charge in [-0.25, -0.2) is 4.79 Å². The molecule has 0 spiro atoms. The lowest BCUT2D eigenvalue weighted by atomic mass is 9.72. The Morgan fingerprint density at radius 3 is 2.57 bits per heavy atom. The number of nitrogens with zero attached hydrogens (tertiary/aromatic N) is 1. The lowest BCUT2D eigenvalue weighted by molar-refractivity contribution is -0.0563. The first-order valence-electron chi connectivity index (χ1n) is 14.9. The van der Waals surface area contributed by atoms with Crippen LogP contribution in [-0.4, -0.2) is 48.2 Å². The monoisotopic (exact) mass is 591 g/mol. The second-order valence-corrected chi connectivity index (χ2v) is 11.3. The summed E-state index contributed by atoms with van der Waals surface area (Å²) in [6.45, 7) is 5.95. The zero-order chi connectivity index (χ0) is 30.1. The van der Waals surface area contributed by atoms with Crippen molar-refractivity contribution in [3.63, 3.8) is 0 Å². The van der Waals surface area contributed by atoms with E-state index >= 15 is 0 Å². The standard InChI is InChI=1S/C34H42ClN3O4/c1-3-24-9-5-10-27(21-24)31-29(12-6-13-30(31)35)34(41,18-8-19-37-33(40)42-4-2)28-11-7-20-38(23-28)32(39)26-16-14-25(22-36)15-17-26/h5-6,9-10,12-17,21,28,41H,3-4,7-8,11,18-20,22-23,36H2,1-2H3,(H,37,40)/t28?,34-/m1/s1. The molecule has 0 saturated carbocycles. The van der Waals surface area contributed by atoms with E-state index in [9.17, 15) is 14.7 Å². The van der Waals surface area contributed by atoms with E-state index in [0.29, 0.717) is 56.2 Å². The Kier molecular flexibility index (Phi) is 11.0. The van der Waals surface area contributed by atoms with Crippen LogP contribution in [-0.2, 0) is 23.3 Å². The van der Waals surface area contributed by atoms with Gasteiger partial charge >= 0.3 is 6.09 Å². The van der Waals surface area contributed by atoms with E-state index in [-0.39, 0.29) is 11.8 Å². The second kappa shape index (κ2) is 14.7. The first kappa shape index (κ1) is 31.5. The number of halogens is 1. The molecule has 3 aromatic carbocycles. The summed E-state index contributed by atoms with van der Waals surface area (Å²) < 4.78 is 5.01. The Morgan fingerprint density at radius 2 is 1.86 bits per heavy atom. The van der Waals surface area contributed by atoms with Crippen molar-refractivity contribution in [2.24, 2.45) is 11.7 Å². The van der Waals surface area contributed by atoms with Crippen LogP contribution in [0.25, 0.3) is 11.1 Å². The van der Waals surface area contributed by atoms with Crippen molar-refractivity contribution in [2.75, 3.05) is 26.2 Å². The first-order chi connectivity index (χ1) is 20.3. The van der Waals surface area contributed by atoms with Gasteiger partial charge in [-0.2, -0.15) is 0 Å². The van der Waals surface area contributed by atoms with Gasteiger partial charge < -0.3 is 25.8 Å². The van der Waals surface area contributed by atoms with Gasteiger partial charge in [-0.15, -0.1) is 0 Å². The number of carbonyl (C=O) groups excluding carboxylic acids is 2. The maximum atomic E-state index is 13.5. The highest BCUT2D eigenvalue weighted by Crippen LogP contribution is 2.45. The van der Waals surface area contributed by atoms with Crippen LogP contribution in [0.5, 0.6) is 0 Å². The van der Waals surface area contributed by atoms with Crippen molar-refractivity contribution >= 4 is 23.6 Å². The van der Waals surface area contributed by atoms with Gasteiger partial charge in [-0.1, -0.05) is 67.1 Å². The zero-order valence-electron chi connectivity index (χ0n) is 24.6. The van der Waals surface area contributed by atoms with Crippen LogP contribution >= 0.6 is 11.6 Å². The molecule has 3 aromatic rings. The third-order valence-corrected chi connectivity index (χ3v) is 8.52. The summed E-state index contributed by atoms with van der Waals surface area (Å²) >= 11 is 6.87. The largest absolute Gasteiger partial charge is 0.450 e. The minimum Gasteiger partial charge on any atom is -0.450 e. The topological polar surface area (TPSA) is 105 Å². The molecule has 8 heteroatoms. The summed E-state index contributed by atoms with van der Waals surface area (Å²) in [5, 5.41) is 16.1. The molecule has 0 radical (unpaired) electrons. The molecule has 0 aromatic heterocycles. The molecule has 1 unspecified atom stereocenters. The maximum Gasteiger partial charge on any atom is 0.407 e. The predicted molar refractivity (Wildman–Crippen MR) is 167 cm³/mol. The van der Waals surface area contributed by atoms with Crippen LogP contribution in [0.4, 0.5) is 4.79 Å². The molecule has 0 aliphatic carbocycles. The van der Waals surface area contributed by atoms with Crippen LogP contribution in [0.15, 0.2) is 66.7 Å². The molecule has 7 nitrogen and oxygen atoms in total. The van der Waals surface area contributed by atoms with E-state index in [4.69, 9.17) is 22.1 Å². The van der Waals surface area contributed by atoms with Crippen molar-refractivity contribution in [3.8, 4) is 11.1 Å². The Labute approximate surface area is 254 Å². The van der Waals surface area contributed by atoms with Crippen molar-refractivity contribution < 1.29 is 19.4 Å². The van der Waals surface area contributed by atoms with Gasteiger partial charge in [0.05, 0.1) is 12.2 Å². The summed E-state index contributed by atoms with van der Waals surface area (Å²) in [7, 11) is 0. The molecule has 1 heterocycles. The van der Waals surface area contributed by atoms with E-state index in [2.05, 4.69) is 24.4 Å². The maximum absolute atomic E-state index is 13.5. The average Bonchev–Trinajstić information content (AvgIpc) is 3.02. The molecule has 1 fully saturated rings. The Morgan fingerprint density at radius 1 is 1.10 bits per heavy atom. The van der Waals surface area contributed by atoms with Crippen molar-refractivity contribution in [3.05, 3.63) is 94.0 Å². The minimum absolute atomic E-state index is 0.0587. The number of carbonyl (C=O) groups is 2. The summed E-state index contributed by atoms with van der Waals surface area (Å²) in [6.07, 6.45) is 2.81. The van der Waals surface area contributed by atoms with Gasteiger partial charge in [0.25, 0.3) is 5.91 Å². The Balaban J connectivity index is 1.69. The SMILES string of the molecule is CCOC(=O)NCCC[C@](O)(c1cccc(Cl)c1-c1cccc(CC)c1)C1CCCN(C(=O)c2ccc(CN)cc2)C1. The summed E-state index contributed by atoms with van der Waals surface area (Å²) in [5.74, 6) is -0.302. The molecule has 2 atom stereocenters. The van der Waals surface area contributed by atoms with E-state index < -0.39 is 11.7 Å². The number of rotatable bonds is 11. The van der Waals surface area contributed by atoms with Crippen molar-refractivity contribution in [2.45, 2.75) is 58.1 Å². The van der Waals surface area contributed by atoms with E-state index in [1.165, 1.54) is 5.56 Å². The van der Waals surface area contributed by atoms with Gasteiger partial charge in [0, 0.05) is 48.2 Å². The number of hydrogen-bond acceptors (Lipinski definition) is 5. The summed E-state index contributed by atoms with van der Waals surface area (Å²) in [4.78, 5) is 27.3. The van der Waals surface area contributed by atoms with E-state index in [1.807, 2.05) is 59.5 Å². The normalized spacial score (nSPS) is 16.5. The number of alkyl carbamates (subject to hydrolysis) is 1. The molecule has 4 rings (SSSR count). The number of amides is 2. The fourth-order valence-corrected chi connectivity index (χ4v) is 6.22. The highest BCUT2D eigenvalue weighted by molar-refractivity contribution is 6.33. The number of aryl methyl sites for hydroxylation is 1. The average molecular weight is 592 g/mol. The molecule has 224 valence electrons. The number of hydrogen-bond donors (Lipinski definition) is 3. The van der Waals surface area contributed by atoms with Crippen LogP contribution in [0.3, 0.4) is 0 Å². The van der Waals surface area contributed by atoms with Gasteiger partial charge in [-0.3, -0.25) is 4.79 Å². The number of aliphatic hydroxyl groups is 1. The molecule has 1 aliphatic heterocycles. The zero-order valence-corrected chi connectivity index (χ0v) is 25.3. The van der Waals surface area contributed by atoms with Gasteiger partial charge in [0.2, 0.25) is 0 Å². The van der Waals surface area contributed by atoms with Gasteiger partial charge in [0.1, 0.15) is 0 Å². The summed E-state index contributed by atoms with van der Waals surface area (Å²) in [6, 6.07) is 21.3. The molecule has 0 bridgehead atoms. The predicted octanol–water partition coefficient (Wildman–Crippen LogP) is 6.29. The lowest BCUT2D eigenvalue weighted by Gasteiger charge is -2.44. The van der Waals surface area contributed by atoms with Crippen LogP contribution < -0.4 is 11.1 Å². The highest BCUT2D eigenvalue weighted by atomic mass is 35.5. The molecule has 1 aliphatic rings. The molecule has 1 saturated heterocycles. The number of nitrogens with two attached hydrogens (primary N) is 1. The number of benzene rings is 3. The second-order valence-electron chi connectivity index (χ2n) is 10.9. The van der Waals surface area contributed by atoms with Crippen LogP contribution in [0.2, 0.25) is 5.02 Å². The van der Waals surface area contributed by atoms with Gasteiger partial charge in [0.15, 0.2) is 0 Å². The van der Waals surface area contributed by atoms with Gasteiger partial charge in [-0.05, 0) is 79.5 Å². The van der Waals surface area contributed by atoms with E-state index in [1.54, 1.807) is 6.92 Å². The first-order valence-corrected chi connectivity index (χ1v) is 15.3. The number of piperidine rings is 1.